The third kappa shape index (κ3) is 4.26. The number of fused-ring (bicyclic) bond motifs is 1. The van der Waals surface area contributed by atoms with Crippen molar-refractivity contribution in [3.8, 4) is 11.5 Å². The van der Waals surface area contributed by atoms with Crippen LogP contribution in [0.15, 0.2) is 53.4 Å². The molecule has 0 radical (unpaired) electrons. The number of carbonyl (C=O) groups is 1. The van der Waals surface area contributed by atoms with E-state index in [0.29, 0.717) is 17.1 Å². The smallest absolute Gasteiger partial charge is 0.310 e. The minimum atomic E-state index is -9.72. The number of nitrogens with one attached hydrogen (secondary N) is 1. The summed E-state index contributed by atoms with van der Waals surface area (Å²) < 4.78 is 73.5. The minimum Gasteiger partial charge on any atom is -0.454 e. The molecule has 0 fully saturated rings. The van der Waals surface area contributed by atoms with Crippen molar-refractivity contribution in [2.45, 2.75) is 4.90 Å². The topological polar surface area (TPSA) is 47.6 Å². The Morgan fingerprint density at radius 1 is 0.962 bits per heavy atom. The molecule has 140 valence electrons. The van der Waals surface area contributed by atoms with Gasteiger partial charge < -0.3 is 14.8 Å². The van der Waals surface area contributed by atoms with Crippen LogP contribution in [0.25, 0.3) is 6.08 Å². The van der Waals surface area contributed by atoms with Gasteiger partial charge in [-0.1, -0.05) is 25.5 Å². The van der Waals surface area contributed by atoms with Gasteiger partial charge >= 0.3 is 10.2 Å². The predicted octanol–water partition coefficient (Wildman–Crippen LogP) is 5.72. The third-order valence-electron chi connectivity index (χ3n) is 3.39. The van der Waals surface area contributed by atoms with E-state index in [0.717, 1.165) is 18.2 Å². The van der Waals surface area contributed by atoms with E-state index in [1.165, 1.54) is 6.08 Å². The summed E-state index contributed by atoms with van der Waals surface area (Å²) in [5.74, 6) is 0.470. The van der Waals surface area contributed by atoms with Gasteiger partial charge in [-0.05, 0) is 48.0 Å². The van der Waals surface area contributed by atoms with Crippen molar-refractivity contribution in [3.63, 3.8) is 0 Å². The standard InChI is InChI=1S/C16H12F5NO3S/c17-26(18,19,20,21)13-5-3-12(4-6-13)22-16(23)8-2-11-1-7-14-15(9-11)25-10-24-14/h1-9H,10H2,(H,22,23). The van der Waals surface area contributed by atoms with Crippen LogP contribution in [0.2, 0.25) is 0 Å². The van der Waals surface area contributed by atoms with E-state index in [4.69, 9.17) is 9.47 Å². The fourth-order valence-electron chi connectivity index (χ4n) is 2.17. The molecule has 26 heavy (non-hydrogen) atoms. The zero-order chi connectivity index (χ0) is 19.1. The van der Waals surface area contributed by atoms with Crippen molar-refractivity contribution < 1.29 is 33.7 Å². The summed E-state index contributed by atoms with van der Waals surface area (Å²) in [6.07, 6.45) is 2.61. The Morgan fingerprint density at radius 2 is 1.62 bits per heavy atom. The molecule has 1 aliphatic rings. The second kappa shape index (κ2) is 5.37. The van der Waals surface area contributed by atoms with Crippen LogP contribution in [0, 0.1) is 0 Å². The molecule has 4 nitrogen and oxygen atoms in total. The second-order valence-corrected chi connectivity index (χ2v) is 7.84. The zero-order valence-corrected chi connectivity index (χ0v) is 13.7. The highest BCUT2D eigenvalue weighted by molar-refractivity contribution is 8.45. The molecule has 0 spiro atoms. The Kier molecular flexibility index (Phi) is 3.73. The molecule has 3 rings (SSSR count). The number of ether oxygens (including phenoxy) is 2. The first-order valence-electron chi connectivity index (χ1n) is 7.14. The molecule has 10 heteroatoms. The maximum Gasteiger partial charge on any atom is 0.310 e. The van der Waals surface area contributed by atoms with Gasteiger partial charge in [0.1, 0.15) is 4.90 Å². The number of anilines is 1. The molecule has 2 aromatic carbocycles. The molecule has 1 heterocycles. The molecule has 0 saturated carbocycles. The van der Waals surface area contributed by atoms with Gasteiger partial charge in [0.05, 0.1) is 0 Å². The number of amides is 1. The monoisotopic (exact) mass is 393 g/mol. The maximum absolute atomic E-state index is 12.6. The molecule has 0 atom stereocenters. The summed E-state index contributed by atoms with van der Waals surface area (Å²) in [4.78, 5) is 9.80. The Morgan fingerprint density at radius 3 is 2.27 bits per heavy atom. The molecule has 0 aliphatic carbocycles. The lowest BCUT2D eigenvalue weighted by Crippen LogP contribution is -2.09. The van der Waals surface area contributed by atoms with Crippen LogP contribution in [0.3, 0.4) is 0 Å². The van der Waals surface area contributed by atoms with Crippen LogP contribution in [0.5, 0.6) is 11.5 Å². The first-order valence-corrected chi connectivity index (χ1v) is 9.09. The minimum absolute atomic E-state index is 0.0454. The van der Waals surface area contributed by atoms with Crippen LogP contribution in [-0.2, 0) is 4.79 Å². The summed E-state index contributed by atoms with van der Waals surface area (Å²) in [6, 6.07) is 6.99. The first kappa shape index (κ1) is 18.1. The summed E-state index contributed by atoms with van der Waals surface area (Å²) in [5, 5.41) is 2.29. The average Bonchev–Trinajstić information content (AvgIpc) is 2.99. The lowest BCUT2D eigenvalue weighted by atomic mass is 10.2. The largest absolute Gasteiger partial charge is 0.454 e. The molecule has 0 aromatic heterocycles. The van der Waals surface area contributed by atoms with Crippen molar-refractivity contribution in [2.75, 3.05) is 12.1 Å². The van der Waals surface area contributed by atoms with Crippen molar-refractivity contribution in [3.05, 3.63) is 54.1 Å². The lowest BCUT2D eigenvalue weighted by Gasteiger charge is -2.40. The van der Waals surface area contributed by atoms with E-state index < -0.39 is 21.0 Å². The van der Waals surface area contributed by atoms with Gasteiger partial charge in [0.25, 0.3) is 0 Å². The van der Waals surface area contributed by atoms with Crippen molar-refractivity contribution >= 4 is 27.9 Å². The molecule has 0 bridgehead atoms. The fraction of sp³-hybridized carbons (Fsp3) is 0.0625. The summed E-state index contributed by atoms with van der Waals surface area (Å²) in [7, 11) is -9.72. The molecule has 2 aromatic rings. The van der Waals surface area contributed by atoms with Crippen LogP contribution < -0.4 is 14.8 Å². The molecular weight excluding hydrogens is 381 g/mol. The number of rotatable bonds is 4. The third-order valence-corrected chi connectivity index (χ3v) is 4.55. The Bertz CT molecular complexity index is 895. The van der Waals surface area contributed by atoms with E-state index >= 15 is 0 Å². The number of hydrogen-bond acceptors (Lipinski definition) is 3. The Balaban J connectivity index is 1.67. The van der Waals surface area contributed by atoms with Gasteiger partial charge in [0, 0.05) is 11.8 Å². The van der Waals surface area contributed by atoms with Gasteiger partial charge in [-0.3, -0.25) is 4.79 Å². The SMILES string of the molecule is O=C(C=Cc1ccc2c(c1)OCO2)Nc1ccc(S(F)(F)(F)(F)F)cc1. The van der Waals surface area contributed by atoms with E-state index in [2.05, 4.69) is 5.32 Å². The van der Waals surface area contributed by atoms with Gasteiger partial charge in [-0.2, -0.15) is 0 Å². The quantitative estimate of drug-likeness (QED) is 0.534. The number of benzene rings is 2. The highest BCUT2D eigenvalue weighted by Crippen LogP contribution is 3.02. The van der Waals surface area contributed by atoms with E-state index in [1.807, 2.05) is 0 Å². The highest BCUT2D eigenvalue weighted by atomic mass is 32.5. The predicted molar refractivity (Wildman–Crippen MR) is 88.1 cm³/mol. The molecular formula is C16H12F5NO3S. The van der Waals surface area contributed by atoms with Crippen molar-refractivity contribution in [1.82, 2.24) is 0 Å². The van der Waals surface area contributed by atoms with Crippen LogP contribution >= 0.6 is 10.2 Å². The number of hydrogen-bond donors (Lipinski definition) is 1. The average molecular weight is 393 g/mol. The highest BCUT2D eigenvalue weighted by Gasteiger charge is 2.65. The fourth-order valence-corrected chi connectivity index (χ4v) is 2.82. The Labute approximate surface area is 144 Å². The molecule has 0 saturated heterocycles. The van der Waals surface area contributed by atoms with Crippen LogP contribution in [-0.4, -0.2) is 12.7 Å². The van der Waals surface area contributed by atoms with E-state index in [-0.39, 0.29) is 24.6 Å². The molecule has 1 amide bonds. The lowest BCUT2D eigenvalue weighted by molar-refractivity contribution is -0.111. The van der Waals surface area contributed by atoms with Gasteiger partial charge in [-0.25, -0.2) is 0 Å². The number of halogens is 5. The summed E-state index contributed by atoms with van der Waals surface area (Å²) in [6.45, 7) is 0.109. The summed E-state index contributed by atoms with van der Waals surface area (Å²) >= 11 is 0. The molecule has 0 unspecified atom stereocenters. The normalized spacial score (nSPS) is 16.2. The van der Waals surface area contributed by atoms with Crippen molar-refractivity contribution in [2.24, 2.45) is 0 Å². The molecule has 1 aliphatic heterocycles. The van der Waals surface area contributed by atoms with Crippen LogP contribution in [0.1, 0.15) is 5.56 Å². The maximum atomic E-state index is 12.6. The van der Waals surface area contributed by atoms with E-state index in [9.17, 15) is 24.2 Å². The van der Waals surface area contributed by atoms with Gasteiger partial charge in [0.15, 0.2) is 11.5 Å². The van der Waals surface area contributed by atoms with Crippen molar-refractivity contribution in [1.29, 1.82) is 0 Å². The molecule has 1 N–H and O–H groups in total. The first-order chi connectivity index (χ1) is 11.9. The van der Waals surface area contributed by atoms with Crippen LogP contribution in [0.4, 0.5) is 25.1 Å². The second-order valence-electron chi connectivity index (χ2n) is 5.43. The Hall–Kier alpha value is -2.75. The van der Waals surface area contributed by atoms with Gasteiger partial charge in [0.2, 0.25) is 12.7 Å². The number of carbonyl (C=O) groups excluding carboxylic acids is 1. The zero-order valence-electron chi connectivity index (χ0n) is 12.9. The summed E-state index contributed by atoms with van der Waals surface area (Å²) in [5.41, 5.74) is 0.594. The van der Waals surface area contributed by atoms with E-state index in [1.54, 1.807) is 18.2 Å². The van der Waals surface area contributed by atoms with Gasteiger partial charge in [-0.15, -0.1) is 0 Å².